The maximum Gasteiger partial charge on any atom is 0.151 e. The van der Waals surface area contributed by atoms with E-state index in [1.54, 1.807) is 25.3 Å². The van der Waals surface area contributed by atoms with Gasteiger partial charge in [-0.25, -0.2) is 8.42 Å². The van der Waals surface area contributed by atoms with Gasteiger partial charge in [0.15, 0.2) is 9.84 Å². The van der Waals surface area contributed by atoms with Crippen molar-refractivity contribution in [3.05, 3.63) is 29.3 Å². The molecule has 15 heavy (non-hydrogen) atoms. The van der Waals surface area contributed by atoms with Crippen molar-refractivity contribution in [3.8, 4) is 5.75 Å². The van der Waals surface area contributed by atoms with Gasteiger partial charge >= 0.3 is 0 Å². The van der Waals surface area contributed by atoms with E-state index in [9.17, 15) is 8.42 Å². The van der Waals surface area contributed by atoms with Crippen LogP contribution < -0.4 is 10.5 Å². The predicted octanol–water partition coefficient (Wildman–Crippen LogP) is 0.699. The molecule has 0 aliphatic rings. The fourth-order valence-corrected chi connectivity index (χ4v) is 2.17. The van der Waals surface area contributed by atoms with Crippen LogP contribution in [0, 0.1) is 0 Å². The molecule has 0 heterocycles. The van der Waals surface area contributed by atoms with Crippen LogP contribution in [0.1, 0.15) is 11.1 Å². The van der Waals surface area contributed by atoms with Crippen molar-refractivity contribution in [2.24, 2.45) is 5.73 Å². The average Bonchev–Trinajstić information content (AvgIpc) is 2.15. The van der Waals surface area contributed by atoms with E-state index in [0.717, 1.165) is 11.1 Å². The van der Waals surface area contributed by atoms with E-state index in [-0.39, 0.29) is 5.75 Å². The molecule has 0 atom stereocenters. The van der Waals surface area contributed by atoms with Crippen LogP contribution in [0.15, 0.2) is 18.2 Å². The molecular formula is C10H15NO3S. The summed E-state index contributed by atoms with van der Waals surface area (Å²) < 4.78 is 27.3. The van der Waals surface area contributed by atoms with Crippen LogP contribution >= 0.6 is 0 Å². The topological polar surface area (TPSA) is 69.4 Å². The van der Waals surface area contributed by atoms with Gasteiger partial charge in [-0.1, -0.05) is 6.07 Å². The second kappa shape index (κ2) is 4.63. The summed E-state index contributed by atoms with van der Waals surface area (Å²) in [6.45, 7) is 0.334. The lowest BCUT2D eigenvalue weighted by molar-refractivity contribution is 0.409. The van der Waals surface area contributed by atoms with Crippen molar-refractivity contribution in [3.63, 3.8) is 0 Å². The van der Waals surface area contributed by atoms with Crippen LogP contribution in [-0.2, 0) is 22.1 Å². The zero-order chi connectivity index (χ0) is 11.5. The fourth-order valence-electron chi connectivity index (χ4n) is 1.38. The molecule has 1 aromatic carbocycles. The van der Waals surface area contributed by atoms with Crippen molar-refractivity contribution < 1.29 is 13.2 Å². The highest BCUT2D eigenvalue weighted by atomic mass is 32.2. The maximum atomic E-state index is 11.1. The van der Waals surface area contributed by atoms with Gasteiger partial charge in [0.05, 0.1) is 12.9 Å². The number of hydrogen-bond acceptors (Lipinski definition) is 4. The zero-order valence-electron chi connectivity index (χ0n) is 8.86. The summed E-state index contributed by atoms with van der Waals surface area (Å²) in [5, 5.41) is 0. The Morgan fingerprint density at radius 3 is 2.53 bits per heavy atom. The van der Waals surface area contributed by atoms with Crippen LogP contribution in [0.5, 0.6) is 5.75 Å². The largest absolute Gasteiger partial charge is 0.496 e. The van der Waals surface area contributed by atoms with Crippen LogP contribution in [0.2, 0.25) is 0 Å². The highest BCUT2D eigenvalue weighted by Crippen LogP contribution is 2.20. The summed E-state index contributed by atoms with van der Waals surface area (Å²) in [4.78, 5) is 0. The Kier molecular flexibility index (Phi) is 3.71. The smallest absolute Gasteiger partial charge is 0.151 e. The molecule has 0 saturated heterocycles. The van der Waals surface area contributed by atoms with Gasteiger partial charge in [-0.2, -0.15) is 0 Å². The number of ether oxygens (including phenoxy) is 1. The van der Waals surface area contributed by atoms with Crippen molar-refractivity contribution in [1.29, 1.82) is 0 Å². The molecule has 1 aromatic rings. The summed E-state index contributed by atoms with van der Waals surface area (Å²) in [6.07, 6.45) is 1.21. The molecule has 0 spiro atoms. The Morgan fingerprint density at radius 2 is 2.07 bits per heavy atom. The summed E-state index contributed by atoms with van der Waals surface area (Å²) in [7, 11) is -1.44. The standard InChI is InChI=1S/C10H15NO3S/c1-14-10-4-3-8(5-9(10)6-11)7-15(2,12)13/h3-5H,6-7,11H2,1-2H3. The molecule has 0 aliphatic carbocycles. The Labute approximate surface area is 90.0 Å². The lowest BCUT2D eigenvalue weighted by atomic mass is 10.1. The highest BCUT2D eigenvalue weighted by molar-refractivity contribution is 7.89. The lowest BCUT2D eigenvalue weighted by Crippen LogP contribution is -2.04. The van der Waals surface area contributed by atoms with Crippen LogP contribution in [0.25, 0.3) is 0 Å². The third kappa shape index (κ3) is 3.53. The number of methoxy groups -OCH3 is 1. The molecule has 1 rings (SSSR count). The highest BCUT2D eigenvalue weighted by Gasteiger charge is 2.07. The van der Waals surface area contributed by atoms with Crippen LogP contribution in [0.3, 0.4) is 0 Å². The van der Waals surface area contributed by atoms with Gasteiger partial charge in [-0.15, -0.1) is 0 Å². The third-order valence-corrected chi connectivity index (χ3v) is 2.85. The number of sulfone groups is 1. The summed E-state index contributed by atoms with van der Waals surface area (Å²) in [6, 6.07) is 5.24. The molecule has 0 unspecified atom stereocenters. The third-order valence-electron chi connectivity index (χ3n) is 1.99. The second-order valence-electron chi connectivity index (χ2n) is 3.42. The van der Waals surface area contributed by atoms with Gasteiger partial charge < -0.3 is 10.5 Å². The molecule has 0 saturated carbocycles. The lowest BCUT2D eigenvalue weighted by Gasteiger charge is -2.08. The van der Waals surface area contributed by atoms with Crippen molar-refractivity contribution in [2.45, 2.75) is 12.3 Å². The normalized spacial score (nSPS) is 11.4. The molecule has 0 radical (unpaired) electrons. The quantitative estimate of drug-likeness (QED) is 0.825. The van der Waals surface area contributed by atoms with Gasteiger partial charge in [0.1, 0.15) is 5.75 Å². The first-order chi connectivity index (χ1) is 6.96. The minimum atomic E-state index is -3.00. The average molecular weight is 229 g/mol. The summed E-state index contributed by atoms with van der Waals surface area (Å²) in [5.41, 5.74) is 7.08. The first-order valence-electron chi connectivity index (χ1n) is 4.50. The van der Waals surface area contributed by atoms with Gasteiger partial charge in [0, 0.05) is 18.4 Å². The first kappa shape index (κ1) is 12.0. The van der Waals surface area contributed by atoms with Gasteiger partial charge in [-0.3, -0.25) is 0 Å². The van der Waals surface area contributed by atoms with Gasteiger partial charge in [0.25, 0.3) is 0 Å². The predicted molar refractivity (Wildman–Crippen MR) is 59.4 cm³/mol. The van der Waals surface area contributed by atoms with Gasteiger partial charge in [0.2, 0.25) is 0 Å². The van der Waals surface area contributed by atoms with Crippen molar-refractivity contribution in [2.75, 3.05) is 13.4 Å². The van der Waals surface area contributed by atoms with E-state index >= 15 is 0 Å². The zero-order valence-corrected chi connectivity index (χ0v) is 9.67. The molecule has 84 valence electrons. The molecule has 0 aliphatic heterocycles. The van der Waals surface area contributed by atoms with E-state index in [0.29, 0.717) is 12.3 Å². The molecule has 0 amide bonds. The monoisotopic (exact) mass is 229 g/mol. The molecule has 0 fully saturated rings. The maximum absolute atomic E-state index is 11.1. The number of nitrogens with two attached hydrogens (primary N) is 1. The van der Waals surface area contributed by atoms with Crippen LogP contribution in [0.4, 0.5) is 0 Å². The SMILES string of the molecule is COc1ccc(CS(C)(=O)=O)cc1CN. The van der Waals surface area contributed by atoms with E-state index in [1.807, 2.05) is 0 Å². The van der Waals surface area contributed by atoms with Crippen molar-refractivity contribution in [1.82, 2.24) is 0 Å². The molecule has 5 heteroatoms. The van der Waals surface area contributed by atoms with E-state index < -0.39 is 9.84 Å². The Hall–Kier alpha value is -1.07. The van der Waals surface area contributed by atoms with Crippen molar-refractivity contribution >= 4 is 9.84 Å². The van der Waals surface area contributed by atoms with E-state index in [1.165, 1.54) is 6.26 Å². The molecule has 4 nitrogen and oxygen atoms in total. The minimum absolute atomic E-state index is 0.0317. The first-order valence-corrected chi connectivity index (χ1v) is 6.56. The Morgan fingerprint density at radius 1 is 1.40 bits per heavy atom. The second-order valence-corrected chi connectivity index (χ2v) is 5.56. The van der Waals surface area contributed by atoms with Crippen LogP contribution in [-0.4, -0.2) is 21.8 Å². The Bertz CT molecular complexity index is 440. The molecule has 0 aromatic heterocycles. The molecular weight excluding hydrogens is 214 g/mol. The Balaban J connectivity index is 3.03. The van der Waals surface area contributed by atoms with Gasteiger partial charge in [-0.05, 0) is 17.7 Å². The fraction of sp³-hybridized carbons (Fsp3) is 0.400. The minimum Gasteiger partial charge on any atom is -0.496 e. The molecule has 0 bridgehead atoms. The number of rotatable bonds is 4. The van der Waals surface area contributed by atoms with E-state index in [2.05, 4.69) is 0 Å². The summed E-state index contributed by atoms with van der Waals surface area (Å²) in [5.74, 6) is 0.721. The van der Waals surface area contributed by atoms with E-state index in [4.69, 9.17) is 10.5 Å². The number of hydrogen-bond donors (Lipinski definition) is 1. The summed E-state index contributed by atoms with van der Waals surface area (Å²) >= 11 is 0. The number of benzene rings is 1. The molecule has 2 N–H and O–H groups in total.